The number of rotatable bonds is 3. The zero-order valence-electron chi connectivity index (χ0n) is 9.12. The molecule has 0 atom stereocenters. The molecule has 1 heterocycles. The minimum absolute atomic E-state index is 0.0799. The Bertz CT molecular complexity index is 526. The van der Waals surface area contributed by atoms with Crippen LogP contribution >= 0.6 is 39.1 Å². The van der Waals surface area contributed by atoms with Gasteiger partial charge in [0.15, 0.2) is 0 Å². The Kier molecular flexibility index (Phi) is 4.32. The summed E-state index contributed by atoms with van der Waals surface area (Å²) in [5.74, 6) is 0.0799. The van der Waals surface area contributed by atoms with E-state index in [2.05, 4.69) is 26.2 Å². The number of aromatic nitrogens is 1. The molecule has 18 heavy (non-hydrogen) atoms. The van der Waals surface area contributed by atoms with Gasteiger partial charge in [0.25, 0.3) is 0 Å². The molecule has 2 N–H and O–H groups in total. The van der Waals surface area contributed by atoms with Crippen LogP contribution in [0.3, 0.4) is 0 Å². The Labute approximate surface area is 123 Å². The van der Waals surface area contributed by atoms with E-state index in [1.54, 1.807) is 24.4 Å². The summed E-state index contributed by atoms with van der Waals surface area (Å²) in [5.41, 5.74) is 1.80. The first kappa shape index (κ1) is 13.5. The number of pyridine rings is 1. The fourth-order valence-corrected chi connectivity index (χ4v) is 2.04. The fraction of sp³-hybridized carbons (Fsp3) is 0.0833. The molecule has 2 rings (SSSR count). The van der Waals surface area contributed by atoms with Gasteiger partial charge in [-0.15, -0.1) is 0 Å². The van der Waals surface area contributed by atoms with E-state index in [1.807, 2.05) is 6.07 Å². The second-order valence-electron chi connectivity index (χ2n) is 3.64. The van der Waals surface area contributed by atoms with E-state index < -0.39 is 0 Å². The van der Waals surface area contributed by atoms with Crippen molar-refractivity contribution >= 4 is 44.8 Å². The summed E-state index contributed by atoms with van der Waals surface area (Å²) in [6.45, 7) is 0.579. The molecule has 0 radical (unpaired) electrons. The molecule has 0 unspecified atom stereocenters. The maximum Gasteiger partial charge on any atom is 0.143 e. The third-order valence-electron chi connectivity index (χ3n) is 2.31. The lowest BCUT2D eigenvalue weighted by Gasteiger charge is -2.08. The van der Waals surface area contributed by atoms with Gasteiger partial charge in [-0.2, -0.15) is 0 Å². The lowest BCUT2D eigenvalue weighted by molar-refractivity contribution is 0.475. The molecule has 6 heteroatoms. The van der Waals surface area contributed by atoms with Crippen molar-refractivity contribution in [2.45, 2.75) is 6.54 Å². The second kappa shape index (κ2) is 5.78. The highest BCUT2D eigenvalue weighted by molar-refractivity contribution is 9.10. The lowest BCUT2D eigenvalue weighted by atomic mass is 10.2. The minimum atomic E-state index is 0.0799. The number of halogens is 3. The van der Waals surface area contributed by atoms with Crippen LogP contribution in [0, 0.1) is 0 Å². The predicted molar refractivity (Wildman–Crippen MR) is 77.4 cm³/mol. The summed E-state index contributed by atoms with van der Waals surface area (Å²) >= 11 is 14.9. The maximum absolute atomic E-state index is 9.31. The topological polar surface area (TPSA) is 45.1 Å². The zero-order valence-corrected chi connectivity index (χ0v) is 12.2. The average molecular weight is 348 g/mol. The second-order valence-corrected chi connectivity index (χ2v) is 5.26. The van der Waals surface area contributed by atoms with Crippen molar-refractivity contribution in [3.8, 4) is 5.75 Å². The summed E-state index contributed by atoms with van der Waals surface area (Å²) in [5, 5.41) is 13.3. The third kappa shape index (κ3) is 3.28. The van der Waals surface area contributed by atoms with E-state index in [4.69, 9.17) is 23.2 Å². The molecule has 0 aliphatic heterocycles. The summed E-state index contributed by atoms with van der Waals surface area (Å²) in [7, 11) is 0. The quantitative estimate of drug-likeness (QED) is 0.805. The first-order valence-corrected chi connectivity index (χ1v) is 6.63. The lowest BCUT2D eigenvalue weighted by Crippen LogP contribution is -1.99. The molecular weight excluding hydrogens is 339 g/mol. The predicted octanol–water partition coefficient (Wildman–Crippen LogP) is 4.47. The Balaban J connectivity index is 2.06. The summed E-state index contributed by atoms with van der Waals surface area (Å²) in [6, 6.07) is 6.92. The normalized spacial score (nSPS) is 10.4. The summed E-state index contributed by atoms with van der Waals surface area (Å²) in [6.07, 6.45) is 1.65. The highest BCUT2D eigenvalue weighted by atomic mass is 79.9. The molecular formula is C12H9BrCl2N2O. The van der Waals surface area contributed by atoms with Gasteiger partial charge in [0.2, 0.25) is 0 Å². The Morgan fingerprint density at radius 3 is 2.72 bits per heavy atom. The molecule has 0 bridgehead atoms. The largest absolute Gasteiger partial charge is 0.506 e. The first-order valence-electron chi connectivity index (χ1n) is 5.08. The molecule has 2 aromatic rings. The van der Waals surface area contributed by atoms with Gasteiger partial charge < -0.3 is 10.4 Å². The van der Waals surface area contributed by atoms with Crippen molar-refractivity contribution in [2.24, 2.45) is 0 Å². The standard InChI is InChI=1S/C12H9BrCl2N2O/c13-9-4-8(6-17-12(9)15)16-5-7-1-2-11(18)10(14)3-7/h1-4,6,16,18H,5H2. The van der Waals surface area contributed by atoms with Crippen LogP contribution < -0.4 is 5.32 Å². The van der Waals surface area contributed by atoms with Gasteiger partial charge in [0, 0.05) is 6.54 Å². The van der Waals surface area contributed by atoms with Crippen molar-refractivity contribution in [3.63, 3.8) is 0 Å². The van der Waals surface area contributed by atoms with Gasteiger partial charge >= 0.3 is 0 Å². The SMILES string of the molecule is Oc1ccc(CNc2cnc(Cl)c(Br)c2)cc1Cl. The van der Waals surface area contributed by atoms with Crippen molar-refractivity contribution in [1.29, 1.82) is 0 Å². The van der Waals surface area contributed by atoms with E-state index >= 15 is 0 Å². The van der Waals surface area contributed by atoms with Crippen LogP contribution in [-0.4, -0.2) is 10.1 Å². The summed E-state index contributed by atoms with van der Waals surface area (Å²) in [4.78, 5) is 4.01. The molecule has 0 fully saturated rings. The van der Waals surface area contributed by atoms with Crippen LogP contribution in [-0.2, 0) is 6.54 Å². The zero-order chi connectivity index (χ0) is 13.1. The number of hydrogen-bond donors (Lipinski definition) is 2. The molecule has 94 valence electrons. The van der Waals surface area contributed by atoms with Crippen molar-refractivity contribution < 1.29 is 5.11 Å². The molecule has 0 amide bonds. The van der Waals surface area contributed by atoms with Crippen LogP contribution in [0.5, 0.6) is 5.75 Å². The highest BCUT2D eigenvalue weighted by Gasteiger charge is 2.02. The van der Waals surface area contributed by atoms with Crippen molar-refractivity contribution in [1.82, 2.24) is 4.98 Å². The molecule has 1 aromatic carbocycles. The van der Waals surface area contributed by atoms with E-state index in [0.717, 1.165) is 15.7 Å². The maximum atomic E-state index is 9.31. The van der Waals surface area contributed by atoms with E-state index in [9.17, 15) is 5.11 Å². The average Bonchev–Trinajstić information content (AvgIpc) is 2.35. The molecule has 1 aromatic heterocycles. The van der Waals surface area contributed by atoms with E-state index in [0.29, 0.717) is 16.7 Å². The number of anilines is 1. The molecule has 0 aliphatic carbocycles. The molecule has 0 aliphatic rings. The molecule has 3 nitrogen and oxygen atoms in total. The van der Waals surface area contributed by atoms with Gasteiger partial charge in [-0.25, -0.2) is 4.98 Å². The number of phenolic OH excluding ortho intramolecular Hbond substituents is 1. The van der Waals surface area contributed by atoms with E-state index in [1.165, 1.54) is 0 Å². The molecule has 0 saturated heterocycles. The Morgan fingerprint density at radius 2 is 2.06 bits per heavy atom. The minimum Gasteiger partial charge on any atom is -0.506 e. The van der Waals surface area contributed by atoms with Crippen LogP contribution in [0.2, 0.25) is 10.2 Å². The molecule has 0 saturated carbocycles. The monoisotopic (exact) mass is 346 g/mol. The smallest absolute Gasteiger partial charge is 0.143 e. The number of nitrogens with zero attached hydrogens (tertiary/aromatic N) is 1. The van der Waals surface area contributed by atoms with Crippen molar-refractivity contribution in [3.05, 3.63) is 50.7 Å². The van der Waals surface area contributed by atoms with Gasteiger partial charge in [-0.1, -0.05) is 29.3 Å². The third-order valence-corrected chi connectivity index (χ3v) is 3.74. The van der Waals surface area contributed by atoms with E-state index in [-0.39, 0.29) is 5.75 Å². The Hall–Kier alpha value is -0.970. The van der Waals surface area contributed by atoms with Gasteiger partial charge in [-0.3, -0.25) is 0 Å². The van der Waals surface area contributed by atoms with Crippen LogP contribution in [0.25, 0.3) is 0 Å². The van der Waals surface area contributed by atoms with Crippen LogP contribution in [0.15, 0.2) is 34.9 Å². The van der Waals surface area contributed by atoms with Gasteiger partial charge in [0.1, 0.15) is 10.9 Å². The number of phenols is 1. The van der Waals surface area contributed by atoms with Crippen LogP contribution in [0.4, 0.5) is 5.69 Å². The van der Waals surface area contributed by atoms with Gasteiger partial charge in [0.05, 0.1) is 21.4 Å². The molecule has 0 spiro atoms. The summed E-state index contributed by atoms with van der Waals surface area (Å²) < 4.78 is 0.734. The number of nitrogens with one attached hydrogen (secondary N) is 1. The van der Waals surface area contributed by atoms with Gasteiger partial charge in [-0.05, 0) is 39.7 Å². The van der Waals surface area contributed by atoms with Crippen molar-refractivity contribution in [2.75, 3.05) is 5.32 Å². The number of hydrogen-bond acceptors (Lipinski definition) is 3. The van der Waals surface area contributed by atoms with Crippen LogP contribution in [0.1, 0.15) is 5.56 Å². The first-order chi connectivity index (χ1) is 8.56. The number of benzene rings is 1. The highest BCUT2D eigenvalue weighted by Crippen LogP contribution is 2.25. The Morgan fingerprint density at radius 1 is 1.28 bits per heavy atom. The number of aromatic hydroxyl groups is 1. The fourth-order valence-electron chi connectivity index (χ4n) is 1.38.